The predicted molar refractivity (Wildman–Crippen MR) is 84.1 cm³/mol. The number of nitrogens with one attached hydrogen (secondary N) is 1. The first-order chi connectivity index (χ1) is 10.2. The number of rotatable bonds is 4. The Hall–Kier alpha value is -2.08. The molecule has 3 heterocycles. The molecule has 3 rings (SSSR count). The molecule has 0 bridgehead atoms. The minimum Gasteiger partial charge on any atom is -0.370 e. The molecule has 3 aromatic rings. The largest absolute Gasteiger partial charge is 0.370 e. The van der Waals surface area contributed by atoms with Gasteiger partial charge in [-0.1, -0.05) is 6.92 Å². The van der Waals surface area contributed by atoms with Crippen molar-refractivity contribution in [1.29, 1.82) is 0 Å². The van der Waals surface area contributed by atoms with Gasteiger partial charge in [-0.15, -0.1) is 11.3 Å². The molecule has 6 heteroatoms. The molecular weight excluding hydrogens is 287 g/mol. The van der Waals surface area contributed by atoms with Crippen LogP contribution in [-0.2, 0) is 6.42 Å². The zero-order valence-corrected chi connectivity index (χ0v) is 12.7. The van der Waals surface area contributed by atoms with Gasteiger partial charge in [0.25, 0.3) is 0 Å². The molecule has 0 aromatic carbocycles. The van der Waals surface area contributed by atoms with Gasteiger partial charge in [-0.3, -0.25) is 0 Å². The van der Waals surface area contributed by atoms with Gasteiger partial charge in [-0.05, 0) is 31.5 Å². The zero-order chi connectivity index (χ0) is 14.8. The van der Waals surface area contributed by atoms with Gasteiger partial charge in [0.2, 0.25) is 0 Å². The highest BCUT2D eigenvalue weighted by molar-refractivity contribution is 7.18. The Morgan fingerprint density at radius 1 is 1.29 bits per heavy atom. The normalized spacial score (nSPS) is 11.0. The van der Waals surface area contributed by atoms with Crippen LogP contribution in [0.4, 0.5) is 10.2 Å². The number of aryl methyl sites for hydroxylation is 1. The topological polar surface area (TPSA) is 50.7 Å². The number of halogens is 1. The Morgan fingerprint density at radius 3 is 2.86 bits per heavy atom. The van der Waals surface area contributed by atoms with E-state index in [0.29, 0.717) is 5.82 Å². The number of hydrogen-bond donors (Lipinski definition) is 1. The van der Waals surface area contributed by atoms with Gasteiger partial charge >= 0.3 is 0 Å². The third-order valence-electron chi connectivity index (χ3n) is 3.11. The van der Waals surface area contributed by atoms with Crippen LogP contribution in [0, 0.1) is 5.82 Å². The molecule has 0 radical (unpaired) electrons. The van der Waals surface area contributed by atoms with Crippen LogP contribution in [0.3, 0.4) is 0 Å². The summed E-state index contributed by atoms with van der Waals surface area (Å²) in [5.41, 5.74) is 0.185. The van der Waals surface area contributed by atoms with Crippen molar-refractivity contribution in [3.05, 3.63) is 35.1 Å². The molecular formula is C15H15FN4S. The summed E-state index contributed by atoms with van der Waals surface area (Å²) < 4.78 is 13.9. The fraction of sp³-hybridized carbons (Fsp3) is 0.267. The van der Waals surface area contributed by atoms with Gasteiger partial charge < -0.3 is 5.32 Å². The maximum absolute atomic E-state index is 13.9. The molecule has 21 heavy (non-hydrogen) atoms. The number of fused-ring (bicyclic) bond motifs is 1. The molecule has 4 nitrogen and oxygen atoms in total. The monoisotopic (exact) mass is 302 g/mol. The Kier molecular flexibility index (Phi) is 3.79. The maximum atomic E-state index is 13.9. The van der Waals surface area contributed by atoms with Crippen LogP contribution >= 0.6 is 11.3 Å². The van der Waals surface area contributed by atoms with Crippen LogP contribution in [0.2, 0.25) is 0 Å². The Morgan fingerprint density at radius 2 is 2.14 bits per heavy atom. The molecule has 0 amide bonds. The first-order valence-corrected chi connectivity index (χ1v) is 7.69. The predicted octanol–water partition coefficient (Wildman–Crippen LogP) is 3.89. The summed E-state index contributed by atoms with van der Waals surface area (Å²) in [6.45, 7) is 4.85. The van der Waals surface area contributed by atoms with E-state index >= 15 is 0 Å². The van der Waals surface area contributed by atoms with Gasteiger partial charge in [-0.2, -0.15) is 0 Å². The maximum Gasteiger partial charge on any atom is 0.184 e. The average Bonchev–Trinajstić information content (AvgIpc) is 2.91. The fourth-order valence-electron chi connectivity index (χ4n) is 2.10. The molecule has 0 saturated carbocycles. The summed E-state index contributed by atoms with van der Waals surface area (Å²) >= 11 is 1.61. The van der Waals surface area contributed by atoms with E-state index in [4.69, 9.17) is 0 Å². The number of hydrogen-bond acceptors (Lipinski definition) is 5. The Bertz CT molecular complexity index is 784. The number of nitrogens with zero attached hydrogens (tertiary/aromatic N) is 3. The molecule has 0 aliphatic rings. The van der Waals surface area contributed by atoms with Crippen LogP contribution in [0.25, 0.3) is 21.7 Å². The van der Waals surface area contributed by atoms with E-state index in [1.54, 1.807) is 23.6 Å². The standard InChI is InChI=1S/C15H15FN4S/c1-3-9-8-10-13(17-4-2)19-14(20-15(10)21-9)12-11(16)6-5-7-18-12/h5-8H,3-4H2,1-2H3,(H,17,19,20). The highest BCUT2D eigenvalue weighted by Crippen LogP contribution is 2.31. The molecule has 0 fully saturated rings. The lowest BCUT2D eigenvalue weighted by Gasteiger charge is -2.07. The van der Waals surface area contributed by atoms with Crippen molar-refractivity contribution in [1.82, 2.24) is 15.0 Å². The molecule has 0 saturated heterocycles. The molecule has 0 spiro atoms. The summed E-state index contributed by atoms with van der Waals surface area (Å²) in [6, 6.07) is 5.02. The van der Waals surface area contributed by atoms with E-state index in [2.05, 4.69) is 33.3 Å². The first-order valence-electron chi connectivity index (χ1n) is 6.88. The SMILES string of the molecule is CCNc1nc(-c2ncccc2F)nc2sc(CC)cc12. The lowest BCUT2D eigenvalue weighted by atomic mass is 10.2. The summed E-state index contributed by atoms with van der Waals surface area (Å²) in [4.78, 5) is 15.1. The minimum absolute atomic E-state index is 0.185. The summed E-state index contributed by atoms with van der Waals surface area (Å²) in [5, 5.41) is 4.21. The summed E-state index contributed by atoms with van der Waals surface area (Å²) in [6.07, 6.45) is 2.49. The first kappa shape index (κ1) is 13.9. The molecule has 0 atom stereocenters. The van der Waals surface area contributed by atoms with Crippen LogP contribution in [0.1, 0.15) is 18.7 Å². The van der Waals surface area contributed by atoms with Crippen molar-refractivity contribution in [3.8, 4) is 11.5 Å². The van der Waals surface area contributed by atoms with Crippen molar-refractivity contribution >= 4 is 27.4 Å². The van der Waals surface area contributed by atoms with Gasteiger partial charge in [-0.25, -0.2) is 19.3 Å². The smallest absolute Gasteiger partial charge is 0.184 e. The van der Waals surface area contributed by atoms with E-state index in [9.17, 15) is 4.39 Å². The average molecular weight is 302 g/mol. The highest BCUT2D eigenvalue weighted by Gasteiger charge is 2.15. The number of anilines is 1. The molecule has 1 N–H and O–H groups in total. The summed E-state index contributed by atoms with van der Waals surface area (Å²) in [7, 11) is 0. The van der Waals surface area contributed by atoms with Crippen LogP contribution in [-0.4, -0.2) is 21.5 Å². The van der Waals surface area contributed by atoms with Gasteiger partial charge in [0.05, 0.1) is 5.39 Å². The minimum atomic E-state index is -0.411. The van der Waals surface area contributed by atoms with E-state index in [0.717, 1.165) is 29.0 Å². The van der Waals surface area contributed by atoms with Crippen molar-refractivity contribution in [2.45, 2.75) is 20.3 Å². The lowest BCUT2D eigenvalue weighted by molar-refractivity contribution is 0.624. The van der Waals surface area contributed by atoms with Crippen molar-refractivity contribution < 1.29 is 4.39 Å². The number of pyridine rings is 1. The van der Waals surface area contributed by atoms with Crippen molar-refractivity contribution in [2.24, 2.45) is 0 Å². The van der Waals surface area contributed by atoms with E-state index in [1.165, 1.54) is 10.9 Å². The second-order valence-corrected chi connectivity index (χ2v) is 5.66. The quantitative estimate of drug-likeness (QED) is 0.794. The van der Waals surface area contributed by atoms with E-state index in [-0.39, 0.29) is 5.69 Å². The van der Waals surface area contributed by atoms with Gasteiger partial charge in [0, 0.05) is 17.6 Å². The molecule has 3 aromatic heterocycles. The molecule has 0 aliphatic heterocycles. The van der Waals surface area contributed by atoms with Crippen LogP contribution in [0.15, 0.2) is 24.4 Å². The highest BCUT2D eigenvalue weighted by atomic mass is 32.1. The zero-order valence-electron chi connectivity index (χ0n) is 11.9. The Labute approximate surface area is 126 Å². The third kappa shape index (κ3) is 2.58. The van der Waals surface area contributed by atoms with Crippen molar-refractivity contribution in [3.63, 3.8) is 0 Å². The molecule has 0 aliphatic carbocycles. The van der Waals surface area contributed by atoms with Gasteiger partial charge in [0.1, 0.15) is 16.3 Å². The lowest BCUT2D eigenvalue weighted by Crippen LogP contribution is -2.03. The summed E-state index contributed by atoms with van der Waals surface area (Å²) in [5.74, 6) is 0.645. The van der Waals surface area contributed by atoms with E-state index < -0.39 is 5.82 Å². The second kappa shape index (κ2) is 5.73. The van der Waals surface area contributed by atoms with E-state index in [1.807, 2.05) is 6.92 Å². The number of thiophene rings is 1. The van der Waals surface area contributed by atoms with Crippen LogP contribution < -0.4 is 5.32 Å². The molecule has 0 unspecified atom stereocenters. The third-order valence-corrected chi connectivity index (χ3v) is 4.28. The van der Waals surface area contributed by atoms with Gasteiger partial charge in [0.15, 0.2) is 11.6 Å². The Balaban J connectivity index is 2.22. The fourth-order valence-corrected chi connectivity index (χ4v) is 3.07. The number of aromatic nitrogens is 3. The van der Waals surface area contributed by atoms with Crippen molar-refractivity contribution in [2.75, 3.05) is 11.9 Å². The van der Waals surface area contributed by atoms with Crippen LogP contribution in [0.5, 0.6) is 0 Å². The second-order valence-electron chi connectivity index (χ2n) is 4.55. The molecule has 108 valence electrons.